The predicted octanol–water partition coefficient (Wildman–Crippen LogP) is 7.45. The van der Waals surface area contributed by atoms with Crippen molar-refractivity contribution in [3.8, 4) is 16.3 Å². The highest BCUT2D eigenvalue weighted by Crippen LogP contribution is 2.38. The fourth-order valence-electron chi connectivity index (χ4n) is 2.97. The number of aromatic nitrogens is 1. The number of hydrogen-bond acceptors (Lipinski definition) is 4. The van der Waals surface area contributed by atoms with Crippen LogP contribution in [0.15, 0.2) is 58.0 Å². The summed E-state index contributed by atoms with van der Waals surface area (Å²) in [5.41, 5.74) is 4.99. The molecule has 0 spiro atoms. The van der Waals surface area contributed by atoms with E-state index in [2.05, 4.69) is 33.1 Å². The lowest BCUT2D eigenvalue weighted by atomic mass is 10.0. The van der Waals surface area contributed by atoms with Gasteiger partial charge in [0.25, 0.3) is 0 Å². The van der Waals surface area contributed by atoms with Gasteiger partial charge in [0, 0.05) is 22.4 Å². The Labute approximate surface area is 180 Å². The number of phenols is 1. The molecule has 0 fully saturated rings. The molecular weight excluding hydrogens is 456 g/mol. The molecule has 0 radical (unpaired) electrons. The van der Waals surface area contributed by atoms with Gasteiger partial charge in [-0.25, -0.2) is 4.98 Å². The molecular formula is C22H16BrClN2OS. The molecule has 3 nitrogen and oxygen atoms in total. The van der Waals surface area contributed by atoms with Gasteiger partial charge in [0.15, 0.2) is 0 Å². The van der Waals surface area contributed by atoms with Crippen molar-refractivity contribution in [2.45, 2.75) is 13.8 Å². The van der Waals surface area contributed by atoms with Crippen molar-refractivity contribution < 1.29 is 5.11 Å². The Kier molecular flexibility index (Phi) is 5.23. The van der Waals surface area contributed by atoms with Gasteiger partial charge in [0.05, 0.1) is 20.4 Å². The second-order valence-corrected chi connectivity index (χ2v) is 8.64. The third-order valence-electron chi connectivity index (χ3n) is 4.59. The van der Waals surface area contributed by atoms with E-state index >= 15 is 0 Å². The molecule has 1 heterocycles. The van der Waals surface area contributed by atoms with Crippen molar-refractivity contribution in [2.75, 3.05) is 0 Å². The van der Waals surface area contributed by atoms with Crippen molar-refractivity contribution in [2.24, 2.45) is 4.99 Å². The summed E-state index contributed by atoms with van der Waals surface area (Å²) in [5, 5.41) is 12.1. The van der Waals surface area contributed by atoms with Crippen molar-refractivity contribution in [1.82, 2.24) is 4.98 Å². The summed E-state index contributed by atoms with van der Waals surface area (Å²) in [6.45, 7) is 3.74. The van der Waals surface area contributed by atoms with Gasteiger partial charge >= 0.3 is 0 Å². The first-order chi connectivity index (χ1) is 13.5. The van der Waals surface area contributed by atoms with E-state index in [0.717, 1.165) is 37.6 Å². The monoisotopic (exact) mass is 470 g/mol. The van der Waals surface area contributed by atoms with Crippen LogP contribution in [0.3, 0.4) is 0 Å². The van der Waals surface area contributed by atoms with Gasteiger partial charge in [0.2, 0.25) is 0 Å². The van der Waals surface area contributed by atoms with Crippen LogP contribution in [0.25, 0.3) is 20.8 Å². The molecule has 0 bridgehead atoms. The Hall–Kier alpha value is -2.21. The molecule has 0 saturated carbocycles. The van der Waals surface area contributed by atoms with Crippen LogP contribution in [0.4, 0.5) is 5.69 Å². The first-order valence-electron chi connectivity index (χ1n) is 8.63. The normalized spacial score (nSPS) is 11.6. The summed E-state index contributed by atoms with van der Waals surface area (Å²) < 4.78 is 1.70. The number of rotatable bonds is 3. The van der Waals surface area contributed by atoms with Crippen molar-refractivity contribution in [3.63, 3.8) is 0 Å². The van der Waals surface area contributed by atoms with E-state index in [1.54, 1.807) is 17.6 Å². The molecule has 4 aromatic rings. The fourth-order valence-corrected chi connectivity index (χ4v) is 4.64. The lowest BCUT2D eigenvalue weighted by molar-refractivity contribution is 0.470. The summed E-state index contributed by atoms with van der Waals surface area (Å²) >= 11 is 11.4. The van der Waals surface area contributed by atoms with E-state index in [1.807, 2.05) is 50.2 Å². The van der Waals surface area contributed by atoms with Crippen molar-refractivity contribution >= 4 is 61.0 Å². The smallest absolute Gasteiger partial charge is 0.139 e. The van der Waals surface area contributed by atoms with Crippen LogP contribution in [0.1, 0.15) is 16.7 Å². The Morgan fingerprint density at radius 2 is 1.86 bits per heavy atom. The van der Waals surface area contributed by atoms with Gasteiger partial charge < -0.3 is 5.11 Å². The van der Waals surface area contributed by atoms with Crippen LogP contribution in [-0.2, 0) is 0 Å². The molecule has 0 atom stereocenters. The zero-order valence-electron chi connectivity index (χ0n) is 15.2. The molecule has 0 unspecified atom stereocenters. The van der Waals surface area contributed by atoms with Crippen molar-refractivity contribution in [3.05, 3.63) is 74.7 Å². The summed E-state index contributed by atoms with van der Waals surface area (Å²) in [4.78, 5) is 9.28. The topological polar surface area (TPSA) is 45.5 Å². The minimum absolute atomic E-state index is 0.143. The largest absolute Gasteiger partial charge is 0.506 e. The third-order valence-corrected chi connectivity index (χ3v) is 7.21. The van der Waals surface area contributed by atoms with Crippen LogP contribution < -0.4 is 0 Å². The summed E-state index contributed by atoms with van der Waals surface area (Å²) in [7, 11) is 0. The van der Waals surface area contributed by atoms with Gasteiger partial charge in [-0.05, 0) is 59.1 Å². The average molecular weight is 472 g/mol. The molecule has 0 amide bonds. The number of thiazole rings is 1. The molecule has 0 saturated heterocycles. The Balaban J connectivity index is 1.71. The molecule has 0 aliphatic rings. The maximum Gasteiger partial charge on any atom is 0.139 e. The number of halogens is 2. The van der Waals surface area contributed by atoms with Gasteiger partial charge in [-0.15, -0.1) is 11.3 Å². The van der Waals surface area contributed by atoms with Crippen LogP contribution in [-0.4, -0.2) is 16.3 Å². The lowest BCUT2D eigenvalue weighted by Crippen LogP contribution is -1.94. The highest BCUT2D eigenvalue weighted by atomic mass is 79.9. The van der Waals surface area contributed by atoms with Crippen LogP contribution >= 0.6 is 38.9 Å². The molecule has 3 aromatic carbocycles. The second-order valence-electron chi connectivity index (χ2n) is 6.44. The number of phenolic OH excluding ortho intramolecular Hbond substituents is 1. The zero-order chi connectivity index (χ0) is 19.8. The fraction of sp³-hybridized carbons (Fsp3) is 0.0909. The SMILES string of the molecule is Cc1c(Cl)c(C)c(C=Nc2ccc3sc(-c4ccccc4)nc3c2)c(O)c1Br. The van der Waals surface area contributed by atoms with E-state index in [0.29, 0.717) is 15.1 Å². The lowest BCUT2D eigenvalue weighted by Gasteiger charge is -2.11. The molecule has 1 aromatic heterocycles. The van der Waals surface area contributed by atoms with Gasteiger partial charge in [-0.2, -0.15) is 0 Å². The van der Waals surface area contributed by atoms with E-state index in [-0.39, 0.29) is 5.75 Å². The Morgan fingerprint density at radius 3 is 2.61 bits per heavy atom. The number of aliphatic imine (C=N–C) groups is 1. The highest BCUT2D eigenvalue weighted by molar-refractivity contribution is 9.10. The molecule has 28 heavy (non-hydrogen) atoms. The molecule has 0 aliphatic heterocycles. The number of hydrogen-bond donors (Lipinski definition) is 1. The standard InChI is InChI=1S/C22H16BrClN2OS/c1-12-16(21(27)19(23)13(2)20(12)24)11-25-15-8-9-18-17(10-15)26-22(28-18)14-6-4-3-5-7-14/h3-11,27H,1-2H3. The molecule has 6 heteroatoms. The second kappa shape index (κ2) is 7.66. The Bertz CT molecular complexity index is 1190. The van der Waals surface area contributed by atoms with E-state index in [1.165, 1.54) is 0 Å². The van der Waals surface area contributed by atoms with Crippen LogP contribution in [0.5, 0.6) is 5.75 Å². The number of nitrogens with zero attached hydrogens (tertiary/aromatic N) is 2. The molecule has 1 N–H and O–H groups in total. The van der Waals surface area contributed by atoms with Gasteiger partial charge in [0.1, 0.15) is 10.8 Å². The highest BCUT2D eigenvalue weighted by Gasteiger charge is 2.15. The first-order valence-corrected chi connectivity index (χ1v) is 10.6. The van der Waals surface area contributed by atoms with Crippen LogP contribution in [0, 0.1) is 13.8 Å². The molecule has 140 valence electrons. The summed E-state index contributed by atoms with van der Waals surface area (Å²) in [6.07, 6.45) is 1.65. The minimum atomic E-state index is 0.143. The number of fused-ring (bicyclic) bond motifs is 1. The predicted molar refractivity (Wildman–Crippen MR) is 123 cm³/mol. The minimum Gasteiger partial charge on any atom is -0.506 e. The first kappa shape index (κ1) is 19.1. The van der Waals surface area contributed by atoms with E-state index in [9.17, 15) is 5.11 Å². The van der Waals surface area contributed by atoms with E-state index in [4.69, 9.17) is 16.6 Å². The molecule has 4 rings (SSSR count). The quantitative estimate of drug-likeness (QED) is 0.315. The maximum absolute atomic E-state index is 10.5. The van der Waals surface area contributed by atoms with Gasteiger partial charge in [-0.3, -0.25) is 4.99 Å². The number of aromatic hydroxyl groups is 1. The van der Waals surface area contributed by atoms with E-state index < -0.39 is 0 Å². The van der Waals surface area contributed by atoms with Crippen molar-refractivity contribution in [1.29, 1.82) is 0 Å². The number of benzene rings is 3. The summed E-state index contributed by atoms with van der Waals surface area (Å²) in [5.74, 6) is 0.143. The average Bonchev–Trinajstić information content (AvgIpc) is 3.15. The van der Waals surface area contributed by atoms with Crippen LogP contribution in [0.2, 0.25) is 5.02 Å². The van der Waals surface area contributed by atoms with Gasteiger partial charge in [-0.1, -0.05) is 41.9 Å². The Morgan fingerprint density at radius 1 is 1.11 bits per heavy atom. The third kappa shape index (κ3) is 3.46. The zero-order valence-corrected chi connectivity index (χ0v) is 18.4. The molecule has 0 aliphatic carbocycles. The maximum atomic E-state index is 10.5. The summed E-state index contributed by atoms with van der Waals surface area (Å²) in [6, 6.07) is 16.1.